The zero-order valence-corrected chi connectivity index (χ0v) is 82.4. The number of aromatic nitrogens is 2. The van der Waals surface area contributed by atoms with Gasteiger partial charge in [0.05, 0.1) is 38.0 Å². The molecule has 2 aromatic heterocycles. The molecule has 142 heavy (non-hydrogen) atoms. The highest BCUT2D eigenvalue weighted by Gasteiger charge is 2.47. The van der Waals surface area contributed by atoms with E-state index in [1.54, 1.807) is 86.8 Å². The predicted molar refractivity (Wildman–Crippen MR) is 528 cm³/mol. The van der Waals surface area contributed by atoms with E-state index in [1.165, 1.54) is 52.3 Å². The zero-order chi connectivity index (χ0) is 104. The number of unbranched alkanes of at least 4 members (excludes halogenated alkanes) is 2. The first kappa shape index (κ1) is 112. The largest absolute Gasteiger partial charge is 0.508 e. The number of phenols is 1. The second-order valence-electron chi connectivity index (χ2n) is 36.5. The van der Waals surface area contributed by atoms with Crippen LogP contribution in [0.3, 0.4) is 0 Å². The number of phenolic OH excluding ortho intramolecular Hbond substituents is 1. The van der Waals surface area contributed by atoms with Crippen molar-refractivity contribution in [3.8, 4) is 22.8 Å². The predicted octanol–water partition coefficient (Wildman–Crippen LogP) is -1.48. The number of carbonyl (C=O) groups is 17. The smallest absolute Gasteiger partial charge is 0.246 e. The van der Waals surface area contributed by atoms with Gasteiger partial charge in [0.25, 0.3) is 0 Å². The van der Waals surface area contributed by atoms with Gasteiger partial charge in [-0.2, -0.15) is 0 Å². The van der Waals surface area contributed by atoms with Gasteiger partial charge in [-0.25, -0.2) is 0 Å². The van der Waals surface area contributed by atoms with E-state index >= 15 is 38.4 Å². The number of nitrogens with zero attached hydrogens (tertiary/aromatic N) is 5. The molecule has 0 saturated carbocycles. The van der Waals surface area contributed by atoms with Gasteiger partial charge in [0.2, 0.25) is 100 Å². The summed E-state index contributed by atoms with van der Waals surface area (Å²) < 4.78 is 6.09. The summed E-state index contributed by atoms with van der Waals surface area (Å²) in [7, 11) is 3.90. The molecule has 3 saturated heterocycles. The molecule has 3 aliphatic heterocycles. The number of aliphatic hydroxyl groups excluding tert-OH is 2. The highest BCUT2D eigenvalue weighted by molar-refractivity contribution is 8.00. The fraction of sp³-hybridized carbons (Fsp3) is 0.526. The number of hydrogen-bond donors (Lipinski definition) is 21. The molecule has 772 valence electrons. The number of carbonyl (C=O) groups excluding carboxylic acids is 17. The SMILES string of the molecule is CCCC[C@H]1C(=O)N(C)[C@@H](CCCC)C(=O)NC(CCCNC(=N)N)C(=O)N[C@H](C(=O)NCC(N)=O)CSCC(=O)N[C@@H](Cc2ccc(O)cc2)C(=O)N(C)[C@@H](C)C(=O)N[C@@H](CC(N)=O)C(=O)N2CCCC2C(=O)N[C@@H](CN)C(=O)N[C@@H](CC(C)C)C(=O)N2C[C@H](O)CC2C(=O)N[C@@H](Cc2c[nH]c3ccccc23)C(=O)N[C@@H](CO)C(=O)N[C@@H](Cc2c(-c3cccc(OCCC)c3)[nH]c3ccccc23)C(=O)N1C. The molecule has 17 amide bonds. The number of aromatic hydroxyl groups is 1. The lowest BCUT2D eigenvalue weighted by molar-refractivity contribution is -0.149. The summed E-state index contributed by atoms with van der Waals surface area (Å²) in [6, 6.07) is 4.57. The molecule has 3 unspecified atom stereocenters. The summed E-state index contributed by atoms with van der Waals surface area (Å²) in [6.07, 6.45) is -0.00656. The molecular formula is C97H137N23O21S. The van der Waals surface area contributed by atoms with Gasteiger partial charge in [-0.05, 0) is 117 Å². The number of ether oxygens (including phenoxy) is 1. The van der Waals surface area contributed by atoms with Gasteiger partial charge in [-0.3, -0.25) is 86.9 Å². The maximum absolute atomic E-state index is 16.3. The van der Waals surface area contributed by atoms with E-state index in [4.69, 9.17) is 33.1 Å². The first-order valence-electron chi connectivity index (χ1n) is 48.0. The Bertz CT molecular complexity index is 5480. The summed E-state index contributed by atoms with van der Waals surface area (Å²) in [4.78, 5) is 264. The number of rotatable bonds is 29. The van der Waals surface area contributed by atoms with Crippen molar-refractivity contribution in [2.75, 3.05) is 78.6 Å². The normalized spacial score (nSPS) is 24.1. The van der Waals surface area contributed by atoms with Crippen molar-refractivity contribution in [2.24, 2.45) is 28.9 Å². The van der Waals surface area contributed by atoms with Gasteiger partial charge < -0.3 is 136 Å². The van der Waals surface area contributed by atoms with Crippen molar-refractivity contribution in [1.29, 1.82) is 5.41 Å². The van der Waals surface area contributed by atoms with Crippen molar-refractivity contribution in [3.05, 3.63) is 120 Å². The highest BCUT2D eigenvalue weighted by atomic mass is 32.2. The summed E-state index contributed by atoms with van der Waals surface area (Å²) in [6.45, 7) is 7.63. The number of likely N-dealkylation sites (N-methyl/N-ethyl adjacent to an activating group) is 3. The molecule has 5 heterocycles. The van der Waals surface area contributed by atoms with Crippen LogP contribution >= 0.6 is 11.8 Å². The van der Waals surface area contributed by atoms with Crippen LogP contribution in [0.1, 0.15) is 148 Å². The zero-order valence-electron chi connectivity index (χ0n) is 81.6. The second kappa shape index (κ2) is 53.6. The number of thioether (sulfide) groups is 1. The Kier molecular flexibility index (Phi) is 42.2. The Labute approximate surface area is 827 Å². The summed E-state index contributed by atoms with van der Waals surface area (Å²) in [5, 5.41) is 71.2. The van der Waals surface area contributed by atoms with Crippen molar-refractivity contribution in [1.82, 2.24) is 93.0 Å². The monoisotopic (exact) mass is 1990 g/mol. The maximum Gasteiger partial charge on any atom is 0.246 e. The van der Waals surface area contributed by atoms with Gasteiger partial charge in [-0.15, -0.1) is 11.8 Å². The van der Waals surface area contributed by atoms with Crippen LogP contribution in [0.25, 0.3) is 33.1 Å². The number of aromatic amines is 2. The number of amides is 17. The van der Waals surface area contributed by atoms with E-state index in [0.717, 1.165) is 36.3 Å². The van der Waals surface area contributed by atoms with Crippen LogP contribution in [0.15, 0.2) is 103 Å². The molecule has 0 bridgehead atoms. The molecule has 45 heteroatoms. The summed E-state index contributed by atoms with van der Waals surface area (Å²) >= 11 is 0.756. The van der Waals surface area contributed by atoms with E-state index in [9.17, 15) is 58.5 Å². The molecule has 9 rings (SSSR count). The lowest BCUT2D eigenvalue weighted by atomic mass is 9.96. The van der Waals surface area contributed by atoms with Gasteiger partial charge in [0.1, 0.15) is 96.1 Å². The van der Waals surface area contributed by atoms with E-state index in [0.29, 0.717) is 94.2 Å². The topological polar surface area (TPSA) is 668 Å². The summed E-state index contributed by atoms with van der Waals surface area (Å²) in [5.74, 6) is -17.9. The minimum absolute atomic E-state index is 0.0211. The Morgan fingerprint density at radius 3 is 1.82 bits per heavy atom. The molecule has 3 aliphatic rings. The van der Waals surface area contributed by atoms with Crippen molar-refractivity contribution < 1.29 is 102 Å². The van der Waals surface area contributed by atoms with Crippen molar-refractivity contribution >= 4 is 140 Å². The lowest BCUT2D eigenvalue weighted by Gasteiger charge is -2.36. The molecule has 6 aromatic rings. The number of para-hydroxylation sites is 2. The molecule has 3 fully saturated rings. The fourth-order valence-corrected chi connectivity index (χ4v) is 18.4. The van der Waals surface area contributed by atoms with Crippen LogP contribution in [0, 0.1) is 11.3 Å². The maximum atomic E-state index is 16.3. The van der Waals surface area contributed by atoms with E-state index in [-0.39, 0.29) is 89.0 Å². The number of hydrogen-bond acceptors (Lipinski definition) is 24. The molecule has 15 atom stereocenters. The van der Waals surface area contributed by atoms with E-state index in [1.807, 2.05) is 26.8 Å². The van der Waals surface area contributed by atoms with Crippen molar-refractivity contribution in [3.63, 3.8) is 0 Å². The minimum atomic E-state index is -1.94. The number of H-pyrrole nitrogens is 2. The standard InChI is InChI=1S/C97H137N23O21S/c1-10-13-29-75-89(133)108-66(28-20-36-103-97(101)102)85(129)115-74(84(128)105-48-80(100)125)51-142-52-81(126)106-69(40-55-32-34-58(122)35-33-55)92(136)116(7)54(6)83(127)110-71(45-79(99)124)94(138)119-37-21-31-76(119)90(134)113-72(46-98)87(131)111-68(39-53(4)5)95(139)120-49-59(123)43-78(120)91(135)109-67(42-57-47-104-64-26-17-15-24-61(57)64)86(130)114-73(50-121)88(132)112-70(93(137)118(9)77(30-14-11-2)96(140)117(75)8)44-63-62-25-16-18-27-65(62)107-82(63)56-22-19-23-60(41-56)141-38-12-3/h15-19,22-27,32-35,41,47,53-54,59,66-78,104,107,121-123H,10-14,20-21,28-31,36-40,42-46,48-52,98H2,1-9H3,(H2,99,124)(H2,100,125)(H,105,128)(H,106,126)(H,108,133)(H,109,135)(H,110,127)(H,111,131)(H,112,132)(H,113,134)(H,114,130)(H,115,129)(H4,101,102,103)/t54-,59+,66?,67-,68-,69-,70-,71-,72-,73-,74-,75-,76?,77-,78?/m0/s1. The van der Waals surface area contributed by atoms with Crippen LogP contribution < -0.4 is 86.2 Å². The Morgan fingerprint density at radius 1 is 0.570 bits per heavy atom. The first-order chi connectivity index (χ1) is 67.7. The highest BCUT2D eigenvalue weighted by Crippen LogP contribution is 2.35. The molecule has 0 spiro atoms. The average molecular weight is 1990 g/mol. The lowest BCUT2D eigenvalue weighted by Crippen LogP contribution is -2.62. The van der Waals surface area contributed by atoms with Crippen molar-refractivity contribution in [2.45, 2.75) is 241 Å². The van der Waals surface area contributed by atoms with Gasteiger partial charge in [0, 0.05) is 118 Å². The number of fused-ring (bicyclic) bond motifs is 4. The van der Waals surface area contributed by atoms with Crippen LogP contribution in [0.5, 0.6) is 11.5 Å². The van der Waals surface area contributed by atoms with Gasteiger partial charge >= 0.3 is 0 Å². The third-order valence-electron chi connectivity index (χ3n) is 25.3. The Balaban J connectivity index is 1.13. The number of primary amides is 2. The van der Waals surface area contributed by atoms with Crippen LogP contribution in [0.4, 0.5) is 0 Å². The van der Waals surface area contributed by atoms with Crippen LogP contribution in [-0.2, 0) is 101 Å². The number of nitrogens with one attached hydrogen (secondary N) is 14. The number of nitrogens with two attached hydrogens (primary N) is 4. The fourth-order valence-electron chi connectivity index (χ4n) is 17.5. The first-order valence-corrected chi connectivity index (χ1v) is 49.1. The molecule has 0 aliphatic carbocycles. The summed E-state index contributed by atoms with van der Waals surface area (Å²) in [5.41, 5.74) is 26.7. The third-order valence-corrected chi connectivity index (χ3v) is 26.3. The number of guanidine groups is 1. The minimum Gasteiger partial charge on any atom is -0.508 e. The van der Waals surface area contributed by atoms with Crippen LogP contribution in [0.2, 0.25) is 0 Å². The third kappa shape index (κ3) is 30.8. The number of benzene rings is 4. The second-order valence-corrected chi connectivity index (χ2v) is 37.5. The average Bonchev–Trinajstić information content (AvgIpc) is 1.62. The van der Waals surface area contributed by atoms with E-state index in [2.05, 4.69) is 68.5 Å². The Morgan fingerprint density at radius 2 is 1.16 bits per heavy atom. The molecule has 4 aromatic carbocycles. The molecular weight excluding hydrogens is 1860 g/mol. The van der Waals surface area contributed by atoms with Gasteiger partial charge in [-0.1, -0.05) is 121 Å². The molecule has 44 nitrogen and oxygen atoms in total. The Hall–Kier alpha value is -14.0. The van der Waals surface area contributed by atoms with Crippen LogP contribution in [-0.4, -0.2) is 325 Å². The van der Waals surface area contributed by atoms with E-state index < -0.39 is 248 Å². The molecule has 25 N–H and O–H groups in total. The quantitative estimate of drug-likeness (QED) is 0.0145. The molecule has 0 radical (unpaired) electrons. The number of aliphatic hydroxyl groups is 2. The van der Waals surface area contributed by atoms with Gasteiger partial charge in [0.15, 0.2) is 5.96 Å².